The van der Waals surface area contributed by atoms with Crippen molar-refractivity contribution in [3.63, 3.8) is 0 Å². The largest absolute Gasteiger partial charge is 0.294 e. The molecular weight excluding hydrogens is 289 g/mol. The molecule has 0 fully saturated rings. The highest BCUT2D eigenvalue weighted by Crippen LogP contribution is 2.17. The molecule has 1 aromatic carbocycles. The Labute approximate surface area is 124 Å². The molecule has 0 amide bonds. The molecule has 0 unspecified atom stereocenters. The van der Waals surface area contributed by atoms with Crippen molar-refractivity contribution in [2.24, 2.45) is 0 Å². The van der Waals surface area contributed by atoms with Crippen LogP contribution in [0.4, 0.5) is 4.39 Å². The van der Waals surface area contributed by atoms with Crippen LogP contribution in [0.5, 0.6) is 0 Å². The first kappa shape index (κ1) is 13.5. The van der Waals surface area contributed by atoms with Gasteiger partial charge >= 0.3 is 0 Å². The van der Waals surface area contributed by atoms with Crippen LogP contribution in [0, 0.1) is 5.82 Å². The highest BCUT2D eigenvalue weighted by Gasteiger charge is 2.13. The van der Waals surface area contributed by atoms with Gasteiger partial charge in [0.15, 0.2) is 11.6 Å². The van der Waals surface area contributed by atoms with Crippen molar-refractivity contribution in [1.82, 2.24) is 14.3 Å². The number of aromatic nitrogens is 3. The third-order valence-electron chi connectivity index (χ3n) is 2.82. The molecule has 0 saturated carbocycles. The molecule has 0 radical (unpaired) electrons. The van der Waals surface area contributed by atoms with Gasteiger partial charge in [-0.3, -0.25) is 9.78 Å². The lowest BCUT2D eigenvalue weighted by Crippen LogP contribution is -2.03. The van der Waals surface area contributed by atoms with E-state index < -0.39 is 5.82 Å². The van der Waals surface area contributed by atoms with Crippen LogP contribution in [0.1, 0.15) is 15.4 Å². The Kier molecular flexibility index (Phi) is 3.79. The van der Waals surface area contributed by atoms with Crippen LogP contribution in [0.2, 0.25) is 0 Å². The highest BCUT2D eigenvalue weighted by molar-refractivity contribution is 7.05. The molecular formula is C15H10FN3OS. The Hall–Kier alpha value is -2.47. The van der Waals surface area contributed by atoms with Crippen LogP contribution >= 0.6 is 11.5 Å². The van der Waals surface area contributed by atoms with Crippen molar-refractivity contribution >= 4 is 17.3 Å². The summed E-state index contributed by atoms with van der Waals surface area (Å²) < 4.78 is 17.3. The Morgan fingerprint density at radius 1 is 1.19 bits per heavy atom. The Morgan fingerprint density at radius 3 is 2.86 bits per heavy atom. The summed E-state index contributed by atoms with van der Waals surface area (Å²) in [4.78, 5) is 20.5. The maximum absolute atomic E-state index is 13.1. The highest BCUT2D eigenvalue weighted by atomic mass is 32.1. The minimum Gasteiger partial charge on any atom is -0.294 e. The lowest BCUT2D eigenvalue weighted by molar-refractivity contribution is 0.0992. The zero-order valence-electron chi connectivity index (χ0n) is 10.9. The van der Waals surface area contributed by atoms with Gasteiger partial charge in [-0.25, -0.2) is 9.37 Å². The van der Waals surface area contributed by atoms with Crippen LogP contribution in [-0.4, -0.2) is 20.1 Å². The lowest BCUT2D eigenvalue weighted by atomic mass is 10.1. The van der Waals surface area contributed by atoms with Crippen molar-refractivity contribution in [3.8, 4) is 11.5 Å². The second kappa shape index (κ2) is 5.88. The molecule has 0 saturated heterocycles. The van der Waals surface area contributed by atoms with E-state index in [1.165, 1.54) is 18.2 Å². The van der Waals surface area contributed by atoms with Crippen LogP contribution in [0.3, 0.4) is 0 Å². The molecule has 3 rings (SSSR count). The number of pyridine rings is 1. The van der Waals surface area contributed by atoms with Crippen LogP contribution in [-0.2, 0) is 6.42 Å². The Bertz CT molecular complexity index is 773. The standard InChI is InChI=1S/C15H10FN3OS/c16-11-5-3-4-10(8-11)13(20)9-14-18-15(19-21-14)12-6-1-2-7-17-12/h1-8H,9H2. The fourth-order valence-corrected chi connectivity index (χ4v) is 2.48. The van der Waals surface area contributed by atoms with E-state index in [4.69, 9.17) is 0 Å². The van der Waals surface area contributed by atoms with E-state index >= 15 is 0 Å². The molecule has 2 aromatic heterocycles. The quantitative estimate of drug-likeness (QED) is 0.694. The fourth-order valence-electron chi connectivity index (χ4n) is 1.83. The number of nitrogens with zero attached hydrogens (tertiary/aromatic N) is 3. The number of carbonyl (C=O) groups is 1. The summed E-state index contributed by atoms with van der Waals surface area (Å²) in [5, 5.41) is 0.588. The summed E-state index contributed by atoms with van der Waals surface area (Å²) in [6.45, 7) is 0. The molecule has 104 valence electrons. The van der Waals surface area contributed by atoms with Crippen molar-refractivity contribution in [1.29, 1.82) is 0 Å². The van der Waals surface area contributed by atoms with E-state index in [1.54, 1.807) is 18.3 Å². The van der Waals surface area contributed by atoms with E-state index in [1.807, 2.05) is 12.1 Å². The summed E-state index contributed by atoms with van der Waals surface area (Å²) in [6, 6.07) is 11.1. The maximum atomic E-state index is 13.1. The summed E-state index contributed by atoms with van der Waals surface area (Å²) in [7, 11) is 0. The minimum atomic E-state index is -0.424. The zero-order chi connectivity index (χ0) is 14.7. The fraction of sp³-hybridized carbons (Fsp3) is 0.0667. The average molecular weight is 299 g/mol. The third kappa shape index (κ3) is 3.17. The predicted molar refractivity (Wildman–Crippen MR) is 77.6 cm³/mol. The zero-order valence-corrected chi connectivity index (χ0v) is 11.7. The van der Waals surface area contributed by atoms with Crippen molar-refractivity contribution in [3.05, 3.63) is 65.0 Å². The van der Waals surface area contributed by atoms with Crippen molar-refractivity contribution in [2.75, 3.05) is 0 Å². The van der Waals surface area contributed by atoms with Gasteiger partial charge in [-0.1, -0.05) is 18.2 Å². The number of benzene rings is 1. The molecule has 0 aliphatic carbocycles. The van der Waals surface area contributed by atoms with Gasteiger partial charge in [0.2, 0.25) is 0 Å². The van der Waals surface area contributed by atoms with Gasteiger partial charge in [0.05, 0.1) is 6.42 Å². The first-order valence-electron chi connectivity index (χ1n) is 6.25. The number of ketones is 1. The molecule has 0 bridgehead atoms. The number of rotatable bonds is 4. The second-order valence-corrected chi connectivity index (χ2v) is 5.17. The normalized spacial score (nSPS) is 10.5. The molecule has 21 heavy (non-hydrogen) atoms. The molecule has 0 atom stereocenters. The first-order valence-corrected chi connectivity index (χ1v) is 7.02. The van der Waals surface area contributed by atoms with E-state index in [-0.39, 0.29) is 12.2 Å². The van der Waals surface area contributed by atoms with Gasteiger partial charge < -0.3 is 0 Å². The van der Waals surface area contributed by atoms with Gasteiger partial charge in [-0.05, 0) is 35.8 Å². The average Bonchev–Trinajstić information content (AvgIpc) is 2.97. The topological polar surface area (TPSA) is 55.7 Å². The van der Waals surface area contributed by atoms with E-state index in [0.29, 0.717) is 22.1 Å². The van der Waals surface area contributed by atoms with E-state index in [0.717, 1.165) is 11.5 Å². The van der Waals surface area contributed by atoms with E-state index in [2.05, 4.69) is 14.3 Å². The monoisotopic (exact) mass is 299 g/mol. The van der Waals surface area contributed by atoms with Crippen LogP contribution in [0.15, 0.2) is 48.7 Å². The third-order valence-corrected chi connectivity index (χ3v) is 3.53. The molecule has 0 spiro atoms. The molecule has 0 aliphatic heterocycles. The summed E-state index contributed by atoms with van der Waals surface area (Å²) in [6.07, 6.45) is 1.77. The number of Topliss-reactive ketones (excluding diaryl/α,β-unsaturated/α-hetero) is 1. The lowest BCUT2D eigenvalue weighted by Gasteiger charge is -1.98. The maximum Gasteiger partial charge on any atom is 0.191 e. The Balaban J connectivity index is 1.77. The second-order valence-electron chi connectivity index (χ2n) is 4.34. The van der Waals surface area contributed by atoms with Crippen LogP contribution in [0.25, 0.3) is 11.5 Å². The first-order chi connectivity index (χ1) is 10.2. The smallest absolute Gasteiger partial charge is 0.191 e. The van der Waals surface area contributed by atoms with Gasteiger partial charge in [-0.15, -0.1) is 0 Å². The predicted octanol–water partition coefficient (Wildman–Crippen LogP) is 3.16. The molecule has 4 nitrogen and oxygen atoms in total. The van der Waals surface area contributed by atoms with Gasteiger partial charge in [0, 0.05) is 11.8 Å². The number of hydrogen-bond donors (Lipinski definition) is 0. The molecule has 6 heteroatoms. The van der Waals surface area contributed by atoms with E-state index in [9.17, 15) is 9.18 Å². The SMILES string of the molecule is O=C(Cc1nc(-c2ccccn2)ns1)c1cccc(F)c1. The van der Waals surface area contributed by atoms with Crippen molar-refractivity contribution < 1.29 is 9.18 Å². The van der Waals surface area contributed by atoms with Crippen molar-refractivity contribution in [2.45, 2.75) is 6.42 Å². The summed E-state index contributed by atoms with van der Waals surface area (Å²) >= 11 is 1.16. The summed E-state index contributed by atoms with van der Waals surface area (Å²) in [5.74, 6) is -0.104. The molecule has 2 heterocycles. The van der Waals surface area contributed by atoms with Gasteiger partial charge in [0.25, 0.3) is 0 Å². The Morgan fingerprint density at radius 2 is 2.10 bits per heavy atom. The number of halogens is 1. The number of hydrogen-bond acceptors (Lipinski definition) is 5. The minimum absolute atomic E-state index is 0.105. The molecule has 0 aliphatic rings. The van der Waals surface area contributed by atoms with Gasteiger partial charge in [-0.2, -0.15) is 4.37 Å². The number of carbonyl (C=O) groups excluding carboxylic acids is 1. The molecule has 0 N–H and O–H groups in total. The van der Waals surface area contributed by atoms with Gasteiger partial charge in [0.1, 0.15) is 16.5 Å². The summed E-state index contributed by atoms with van der Waals surface area (Å²) in [5.41, 5.74) is 1.00. The molecule has 3 aromatic rings. The van der Waals surface area contributed by atoms with Crippen LogP contribution < -0.4 is 0 Å².